The van der Waals surface area contributed by atoms with Gasteiger partial charge in [0.2, 0.25) is 0 Å². The van der Waals surface area contributed by atoms with E-state index in [9.17, 15) is 9.59 Å². The third-order valence-electron chi connectivity index (χ3n) is 2.50. The summed E-state index contributed by atoms with van der Waals surface area (Å²) in [4.78, 5) is 23.9. The molecule has 0 spiro atoms. The van der Waals surface area contributed by atoms with Gasteiger partial charge in [0.05, 0.1) is 16.5 Å². The van der Waals surface area contributed by atoms with Gasteiger partial charge in [-0.25, -0.2) is 4.79 Å². The molecule has 110 valence electrons. The minimum Gasteiger partial charge on any atom is -0.395 e. The fraction of sp³-hybridized carbons (Fsp3) is 0.143. The first-order valence-electron chi connectivity index (χ1n) is 6.31. The number of para-hydroxylation sites is 1. The molecular weight excluding hydrogens is 290 g/mol. The minimum absolute atomic E-state index is 0.109. The van der Waals surface area contributed by atoms with E-state index in [4.69, 9.17) is 5.11 Å². The molecule has 4 N–H and O–H groups in total. The van der Waals surface area contributed by atoms with E-state index in [1.165, 1.54) is 0 Å². The van der Waals surface area contributed by atoms with Crippen LogP contribution < -0.4 is 16.0 Å². The molecule has 2 aromatic rings. The lowest BCUT2D eigenvalue weighted by molar-refractivity contribution is 0.0949. The number of aliphatic hydroxyl groups excluding tert-OH is 1. The number of amides is 3. The fourth-order valence-electron chi connectivity index (χ4n) is 1.58. The SMILES string of the molecule is O=C(Nc1ccccc1)Nc1ccc(C(=O)NCCO)s1. The van der Waals surface area contributed by atoms with Crippen molar-refractivity contribution in [1.82, 2.24) is 5.32 Å². The van der Waals surface area contributed by atoms with E-state index in [-0.39, 0.29) is 25.1 Å². The van der Waals surface area contributed by atoms with Crippen LogP contribution in [0.1, 0.15) is 9.67 Å². The summed E-state index contributed by atoms with van der Waals surface area (Å²) in [5.74, 6) is -0.273. The normalized spacial score (nSPS) is 9.95. The zero-order chi connectivity index (χ0) is 15.1. The van der Waals surface area contributed by atoms with E-state index in [0.717, 1.165) is 11.3 Å². The molecule has 21 heavy (non-hydrogen) atoms. The number of thiophene rings is 1. The lowest BCUT2D eigenvalue weighted by Gasteiger charge is -2.05. The van der Waals surface area contributed by atoms with Crippen LogP contribution in [0.2, 0.25) is 0 Å². The Morgan fingerprint density at radius 3 is 2.52 bits per heavy atom. The van der Waals surface area contributed by atoms with Crippen LogP contribution in [0.15, 0.2) is 42.5 Å². The van der Waals surface area contributed by atoms with Gasteiger partial charge in [0, 0.05) is 12.2 Å². The molecule has 0 aliphatic rings. The van der Waals surface area contributed by atoms with Crippen LogP contribution in [0, 0.1) is 0 Å². The summed E-state index contributed by atoms with van der Waals surface area (Å²) in [5, 5.41) is 17.1. The van der Waals surface area contributed by atoms with E-state index in [2.05, 4.69) is 16.0 Å². The molecule has 0 aliphatic carbocycles. The number of carbonyl (C=O) groups excluding carboxylic acids is 2. The molecule has 6 nitrogen and oxygen atoms in total. The molecular formula is C14H15N3O3S. The van der Waals surface area contributed by atoms with Gasteiger partial charge in [-0.2, -0.15) is 0 Å². The highest BCUT2D eigenvalue weighted by molar-refractivity contribution is 7.18. The molecule has 0 aliphatic heterocycles. The van der Waals surface area contributed by atoms with Crippen molar-refractivity contribution in [2.24, 2.45) is 0 Å². The van der Waals surface area contributed by atoms with Crippen molar-refractivity contribution < 1.29 is 14.7 Å². The molecule has 0 bridgehead atoms. The van der Waals surface area contributed by atoms with Gasteiger partial charge >= 0.3 is 6.03 Å². The van der Waals surface area contributed by atoms with Crippen LogP contribution in [0.5, 0.6) is 0 Å². The molecule has 7 heteroatoms. The number of nitrogens with one attached hydrogen (secondary N) is 3. The topological polar surface area (TPSA) is 90.5 Å². The van der Waals surface area contributed by atoms with Gasteiger partial charge in [0.1, 0.15) is 0 Å². The minimum atomic E-state index is -0.370. The predicted octanol–water partition coefficient (Wildman–Crippen LogP) is 2.11. The monoisotopic (exact) mass is 305 g/mol. The number of urea groups is 1. The Bertz CT molecular complexity index is 613. The molecule has 0 unspecified atom stereocenters. The molecule has 1 aromatic heterocycles. The second-order valence-corrected chi connectivity index (χ2v) is 5.17. The van der Waals surface area contributed by atoms with Crippen molar-refractivity contribution in [1.29, 1.82) is 0 Å². The number of carbonyl (C=O) groups is 2. The number of hydrogen-bond acceptors (Lipinski definition) is 4. The van der Waals surface area contributed by atoms with Crippen molar-refractivity contribution in [3.8, 4) is 0 Å². The molecule has 1 heterocycles. The first-order chi connectivity index (χ1) is 10.2. The number of rotatable bonds is 5. The maximum Gasteiger partial charge on any atom is 0.324 e. The van der Waals surface area contributed by atoms with Crippen molar-refractivity contribution in [3.05, 3.63) is 47.3 Å². The summed E-state index contributed by atoms with van der Waals surface area (Å²) in [6.45, 7) is 0.0929. The summed E-state index contributed by atoms with van der Waals surface area (Å²) in [5.41, 5.74) is 0.687. The Morgan fingerprint density at radius 1 is 1.05 bits per heavy atom. The Morgan fingerprint density at radius 2 is 1.81 bits per heavy atom. The molecule has 0 saturated heterocycles. The van der Waals surface area contributed by atoms with Gasteiger partial charge in [-0.3, -0.25) is 10.1 Å². The summed E-state index contributed by atoms with van der Waals surface area (Å²) >= 11 is 1.16. The zero-order valence-electron chi connectivity index (χ0n) is 11.1. The first-order valence-corrected chi connectivity index (χ1v) is 7.12. The van der Waals surface area contributed by atoms with Crippen LogP contribution in [-0.2, 0) is 0 Å². The maximum atomic E-state index is 11.8. The van der Waals surface area contributed by atoms with Crippen LogP contribution >= 0.6 is 11.3 Å². The predicted molar refractivity (Wildman–Crippen MR) is 82.8 cm³/mol. The molecule has 0 saturated carbocycles. The average molecular weight is 305 g/mol. The van der Waals surface area contributed by atoms with E-state index in [0.29, 0.717) is 15.6 Å². The lowest BCUT2D eigenvalue weighted by Crippen LogP contribution is -2.25. The summed E-state index contributed by atoms with van der Waals surface area (Å²) in [7, 11) is 0. The quantitative estimate of drug-likeness (QED) is 0.682. The summed E-state index contributed by atoms with van der Waals surface area (Å²) < 4.78 is 0. The van der Waals surface area contributed by atoms with Gasteiger partial charge in [-0.05, 0) is 24.3 Å². The average Bonchev–Trinajstić information content (AvgIpc) is 2.94. The molecule has 0 atom stereocenters. The fourth-order valence-corrected chi connectivity index (χ4v) is 2.40. The largest absolute Gasteiger partial charge is 0.395 e. The Balaban J connectivity index is 1.90. The lowest BCUT2D eigenvalue weighted by atomic mass is 10.3. The van der Waals surface area contributed by atoms with E-state index >= 15 is 0 Å². The number of hydrogen-bond donors (Lipinski definition) is 4. The molecule has 1 aromatic carbocycles. The van der Waals surface area contributed by atoms with Crippen molar-refractivity contribution in [2.45, 2.75) is 0 Å². The van der Waals surface area contributed by atoms with E-state index in [1.807, 2.05) is 18.2 Å². The van der Waals surface area contributed by atoms with Crippen LogP contribution in [-0.4, -0.2) is 30.2 Å². The van der Waals surface area contributed by atoms with Gasteiger partial charge in [0.15, 0.2) is 0 Å². The van der Waals surface area contributed by atoms with Gasteiger partial charge in [-0.1, -0.05) is 18.2 Å². The van der Waals surface area contributed by atoms with Crippen LogP contribution in [0.4, 0.5) is 15.5 Å². The third-order valence-corrected chi connectivity index (χ3v) is 3.49. The molecule has 2 rings (SSSR count). The third kappa shape index (κ3) is 4.59. The van der Waals surface area contributed by atoms with E-state index < -0.39 is 0 Å². The Kier molecular flexibility index (Phi) is 5.30. The van der Waals surface area contributed by atoms with Gasteiger partial charge in [-0.15, -0.1) is 11.3 Å². The Labute approximate surface area is 125 Å². The highest BCUT2D eigenvalue weighted by Crippen LogP contribution is 2.22. The Hall–Kier alpha value is -2.38. The number of benzene rings is 1. The highest BCUT2D eigenvalue weighted by Gasteiger charge is 2.10. The van der Waals surface area contributed by atoms with Crippen molar-refractivity contribution >= 4 is 34.0 Å². The van der Waals surface area contributed by atoms with Gasteiger partial charge < -0.3 is 15.7 Å². The van der Waals surface area contributed by atoms with Gasteiger partial charge in [0.25, 0.3) is 5.91 Å². The second-order valence-electron chi connectivity index (χ2n) is 4.09. The summed E-state index contributed by atoms with van der Waals surface area (Å²) in [6.07, 6.45) is 0. The van der Waals surface area contributed by atoms with Crippen LogP contribution in [0.3, 0.4) is 0 Å². The molecule has 0 radical (unpaired) electrons. The second kappa shape index (κ2) is 7.41. The van der Waals surface area contributed by atoms with Crippen molar-refractivity contribution in [2.75, 3.05) is 23.8 Å². The smallest absolute Gasteiger partial charge is 0.324 e. The van der Waals surface area contributed by atoms with E-state index in [1.54, 1.807) is 24.3 Å². The summed E-state index contributed by atoms with van der Waals surface area (Å²) in [6, 6.07) is 12.0. The number of aliphatic hydroxyl groups is 1. The standard InChI is InChI=1S/C14H15N3O3S/c18-9-8-15-13(19)11-6-7-12(21-11)17-14(20)16-10-4-2-1-3-5-10/h1-7,18H,8-9H2,(H,15,19)(H2,16,17,20). The van der Waals surface area contributed by atoms with Crippen molar-refractivity contribution in [3.63, 3.8) is 0 Å². The highest BCUT2D eigenvalue weighted by atomic mass is 32.1. The van der Waals surface area contributed by atoms with Crippen LogP contribution in [0.25, 0.3) is 0 Å². The number of anilines is 2. The molecule has 3 amide bonds. The molecule has 0 fully saturated rings. The maximum absolute atomic E-state index is 11.8. The first kappa shape index (κ1) is 15.0. The zero-order valence-corrected chi connectivity index (χ0v) is 11.9.